The predicted molar refractivity (Wildman–Crippen MR) is 93.1 cm³/mol. The van der Waals surface area contributed by atoms with E-state index >= 15 is 0 Å². The van der Waals surface area contributed by atoms with Crippen LogP contribution in [0.25, 0.3) is 0 Å². The monoisotopic (exact) mass is 373 g/mol. The van der Waals surface area contributed by atoms with E-state index in [1.54, 1.807) is 0 Å². The molecule has 0 bridgehead atoms. The number of hydrogen-bond donors (Lipinski definition) is 0. The quantitative estimate of drug-likeness (QED) is 0.682. The van der Waals surface area contributed by atoms with E-state index in [0.29, 0.717) is 0 Å². The molecule has 0 aliphatic heterocycles. The van der Waals surface area contributed by atoms with Crippen molar-refractivity contribution in [3.05, 3.63) is 53.3 Å². The van der Waals surface area contributed by atoms with Gasteiger partial charge in [0.1, 0.15) is 24.5 Å². The number of benzene rings is 1. The highest BCUT2D eigenvalue weighted by atomic mass is 16.6. The molecule has 0 unspecified atom stereocenters. The van der Waals surface area contributed by atoms with Gasteiger partial charge in [0.15, 0.2) is 11.5 Å². The molecule has 1 aromatic heterocycles. The van der Waals surface area contributed by atoms with E-state index in [-0.39, 0.29) is 36.0 Å². The van der Waals surface area contributed by atoms with Gasteiger partial charge in [-0.2, -0.15) is 0 Å². The summed E-state index contributed by atoms with van der Waals surface area (Å²) in [5.41, 5.74) is 0.959. The van der Waals surface area contributed by atoms with Gasteiger partial charge in [0.05, 0.1) is 7.11 Å². The van der Waals surface area contributed by atoms with Gasteiger partial charge in [-0.1, -0.05) is 30.3 Å². The number of aromatic nitrogens is 1. The summed E-state index contributed by atoms with van der Waals surface area (Å²) in [6.45, 7) is 2.35. The van der Waals surface area contributed by atoms with E-state index in [1.807, 2.05) is 30.3 Å². The Morgan fingerprint density at radius 1 is 0.963 bits per heavy atom. The molecular formula is C19H19NO7. The normalized spacial score (nSPS) is 10.0. The second kappa shape index (κ2) is 9.33. The first-order valence-corrected chi connectivity index (χ1v) is 8.01. The van der Waals surface area contributed by atoms with Crippen LogP contribution >= 0.6 is 0 Å². The molecule has 8 nitrogen and oxygen atoms in total. The Morgan fingerprint density at radius 2 is 1.67 bits per heavy atom. The van der Waals surface area contributed by atoms with Crippen LogP contribution < -0.4 is 9.47 Å². The molecule has 1 aromatic carbocycles. The Kier molecular flexibility index (Phi) is 6.87. The van der Waals surface area contributed by atoms with Crippen molar-refractivity contribution in [1.82, 2.24) is 4.98 Å². The summed E-state index contributed by atoms with van der Waals surface area (Å²) in [6.07, 6.45) is 1.18. The van der Waals surface area contributed by atoms with Gasteiger partial charge in [-0.15, -0.1) is 0 Å². The number of pyridine rings is 1. The van der Waals surface area contributed by atoms with Crippen molar-refractivity contribution >= 4 is 17.9 Å². The fraction of sp³-hybridized carbons (Fsp3) is 0.263. The van der Waals surface area contributed by atoms with Gasteiger partial charge in [-0.3, -0.25) is 14.6 Å². The van der Waals surface area contributed by atoms with Crippen molar-refractivity contribution in [3.8, 4) is 11.5 Å². The number of carbonyl (C=O) groups excluding carboxylic acids is 3. The first-order chi connectivity index (χ1) is 12.9. The second-order valence-corrected chi connectivity index (χ2v) is 5.42. The number of methoxy groups -OCH3 is 1. The number of carbonyl (C=O) groups is 3. The molecule has 142 valence electrons. The average Bonchev–Trinajstić information content (AvgIpc) is 2.65. The third-order valence-electron chi connectivity index (χ3n) is 3.35. The molecule has 2 aromatic rings. The molecule has 8 heteroatoms. The SMILES string of the molecule is COC(=O)c1cnc(COC(C)=O)c(OCc2ccccc2)c1OC(C)=O. The highest BCUT2D eigenvalue weighted by molar-refractivity contribution is 5.94. The predicted octanol–water partition coefficient (Wildman–Crippen LogP) is 2.44. The molecular weight excluding hydrogens is 354 g/mol. The Morgan fingerprint density at radius 3 is 2.26 bits per heavy atom. The first-order valence-electron chi connectivity index (χ1n) is 8.01. The minimum atomic E-state index is -0.748. The van der Waals surface area contributed by atoms with Gasteiger partial charge in [0, 0.05) is 20.0 Å². The third-order valence-corrected chi connectivity index (χ3v) is 3.35. The first kappa shape index (κ1) is 19.9. The molecule has 0 N–H and O–H groups in total. The molecule has 0 fully saturated rings. The molecule has 1 heterocycles. The van der Waals surface area contributed by atoms with Crippen molar-refractivity contribution in [3.63, 3.8) is 0 Å². The van der Waals surface area contributed by atoms with Crippen molar-refractivity contribution in [2.24, 2.45) is 0 Å². The fourth-order valence-electron chi connectivity index (χ4n) is 2.16. The molecule has 0 aliphatic carbocycles. The Balaban J connectivity index is 2.47. The topological polar surface area (TPSA) is 101 Å². The minimum absolute atomic E-state index is 0.0261. The van der Waals surface area contributed by atoms with E-state index in [4.69, 9.17) is 18.9 Å². The van der Waals surface area contributed by atoms with E-state index in [9.17, 15) is 14.4 Å². The zero-order valence-corrected chi connectivity index (χ0v) is 15.2. The number of esters is 3. The molecule has 0 amide bonds. The van der Waals surface area contributed by atoms with E-state index in [2.05, 4.69) is 4.98 Å². The van der Waals surface area contributed by atoms with Gasteiger partial charge in [0.2, 0.25) is 0 Å². The molecule has 0 saturated heterocycles. The lowest BCUT2D eigenvalue weighted by molar-refractivity contribution is -0.142. The Hall–Kier alpha value is -3.42. The standard InChI is InChI=1S/C19H19NO7/c1-12(21)25-11-16-18(26-10-14-7-5-4-6-8-14)17(27-13(2)22)15(9-20-16)19(23)24-3/h4-9H,10-11H2,1-3H3. The smallest absolute Gasteiger partial charge is 0.343 e. The van der Waals surface area contributed by atoms with Crippen molar-refractivity contribution in [2.45, 2.75) is 27.1 Å². The van der Waals surface area contributed by atoms with Crippen molar-refractivity contribution < 1.29 is 33.3 Å². The summed E-state index contributed by atoms with van der Waals surface area (Å²) < 4.78 is 20.6. The lowest BCUT2D eigenvalue weighted by Crippen LogP contribution is -2.14. The number of rotatable bonds is 7. The summed E-state index contributed by atoms with van der Waals surface area (Å²) in [6, 6.07) is 9.23. The van der Waals surface area contributed by atoms with Gasteiger partial charge < -0.3 is 18.9 Å². The van der Waals surface area contributed by atoms with Gasteiger partial charge in [-0.05, 0) is 5.56 Å². The molecule has 0 radical (unpaired) electrons. The van der Waals surface area contributed by atoms with E-state index in [1.165, 1.54) is 27.2 Å². The van der Waals surface area contributed by atoms with Crippen molar-refractivity contribution in [1.29, 1.82) is 0 Å². The lowest BCUT2D eigenvalue weighted by atomic mass is 10.2. The third kappa shape index (κ3) is 5.53. The summed E-state index contributed by atoms with van der Waals surface area (Å²) in [4.78, 5) is 38.8. The summed E-state index contributed by atoms with van der Waals surface area (Å²) in [5.74, 6) is -2.03. The van der Waals surface area contributed by atoms with Gasteiger partial charge in [0.25, 0.3) is 0 Å². The highest BCUT2D eigenvalue weighted by Crippen LogP contribution is 2.35. The van der Waals surface area contributed by atoms with E-state index < -0.39 is 17.9 Å². The van der Waals surface area contributed by atoms with Crippen LogP contribution in [0.4, 0.5) is 0 Å². The van der Waals surface area contributed by atoms with Crippen LogP contribution in [0.15, 0.2) is 36.5 Å². The van der Waals surface area contributed by atoms with Crippen LogP contribution in [0.2, 0.25) is 0 Å². The van der Waals surface area contributed by atoms with Crippen LogP contribution in [-0.4, -0.2) is 30.0 Å². The number of hydrogen-bond acceptors (Lipinski definition) is 8. The molecule has 0 atom stereocenters. The van der Waals surface area contributed by atoms with Crippen LogP contribution in [0.3, 0.4) is 0 Å². The maximum atomic E-state index is 12.0. The maximum Gasteiger partial charge on any atom is 0.343 e. The summed E-state index contributed by atoms with van der Waals surface area (Å²) >= 11 is 0. The van der Waals surface area contributed by atoms with Crippen LogP contribution in [0, 0.1) is 0 Å². The molecule has 27 heavy (non-hydrogen) atoms. The zero-order valence-electron chi connectivity index (χ0n) is 15.2. The summed E-state index contributed by atoms with van der Waals surface area (Å²) in [5, 5.41) is 0. The molecule has 2 rings (SSSR count). The minimum Gasteiger partial charge on any atom is -0.483 e. The van der Waals surface area contributed by atoms with E-state index in [0.717, 1.165) is 5.56 Å². The molecule has 0 spiro atoms. The Bertz CT molecular complexity index is 833. The second-order valence-electron chi connectivity index (χ2n) is 5.42. The zero-order chi connectivity index (χ0) is 19.8. The average molecular weight is 373 g/mol. The van der Waals surface area contributed by atoms with Crippen LogP contribution in [0.1, 0.15) is 35.5 Å². The fourth-order valence-corrected chi connectivity index (χ4v) is 2.16. The number of nitrogens with zero attached hydrogens (tertiary/aromatic N) is 1. The summed E-state index contributed by atoms with van der Waals surface area (Å²) in [7, 11) is 1.19. The van der Waals surface area contributed by atoms with Gasteiger partial charge >= 0.3 is 17.9 Å². The molecule has 0 aliphatic rings. The molecule has 0 saturated carbocycles. The lowest BCUT2D eigenvalue weighted by Gasteiger charge is -2.17. The number of ether oxygens (including phenoxy) is 4. The largest absolute Gasteiger partial charge is 0.483 e. The van der Waals surface area contributed by atoms with Crippen LogP contribution in [0.5, 0.6) is 11.5 Å². The van der Waals surface area contributed by atoms with Gasteiger partial charge in [-0.25, -0.2) is 4.79 Å². The van der Waals surface area contributed by atoms with Crippen LogP contribution in [-0.2, 0) is 32.3 Å². The maximum absolute atomic E-state index is 12.0. The van der Waals surface area contributed by atoms with Crippen molar-refractivity contribution in [2.75, 3.05) is 7.11 Å². The Labute approximate surface area is 156 Å². The highest BCUT2D eigenvalue weighted by Gasteiger charge is 2.25.